The lowest BCUT2D eigenvalue weighted by Gasteiger charge is -2.24. The van der Waals surface area contributed by atoms with E-state index >= 15 is 0 Å². The Labute approximate surface area is 207 Å². The van der Waals surface area contributed by atoms with Gasteiger partial charge < -0.3 is 32.7 Å². The SMILES string of the molecule is NCCN(CCN)C(=O)CC(N)C(=O)NC(Cc1cccs1)C(=O)Nc1cnc2ccccc2c1. The summed E-state index contributed by atoms with van der Waals surface area (Å²) in [5, 5.41) is 8.31. The number of rotatable bonds is 12. The zero-order valence-corrected chi connectivity index (χ0v) is 20.2. The van der Waals surface area contributed by atoms with Gasteiger partial charge in [-0.3, -0.25) is 19.4 Å². The van der Waals surface area contributed by atoms with E-state index in [1.165, 1.54) is 16.2 Å². The van der Waals surface area contributed by atoms with Crippen LogP contribution in [0.1, 0.15) is 11.3 Å². The molecule has 0 saturated carbocycles. The maximum atomic E-state index is 13.1. The average molecular weight is 498 g/mol. The summed E-state index contributed by atoms with van der Waals surface area (Å²) in [6.07, 6.45) is 1.63. The molecular weight excluding hydrogens is 466 g/mol. The zero-order valence-electron chi connectivity index (χ0n) is 19.4. The molecule has 0 bridgehead atoms. The number of aromatic nitrogens is 1. The predicted octanol–water partition coefficient (Wildman–Crippen LogP) is 0.426. The van der Waals surface area contributed by atoms with Crippen molar-refractivity contribution in [3.8, 4) is 0 Å². The highest BCUT2D eigenvalue weighted by Crippen LogP contribution is 2.17. The minimum Gasteiger partial charge on any atom is -0.343 e. The van der Waals surface area contributed by atoms with Crippen molar-refractivity contribution < 1.29 is 14.4 Å². The first-order valence-corrected chi connectivity index (χ1v) is 12.2. The number of fused-ring (bicyclic) bond motifs is 1. The molecule has 2 heterocycles. The number of anilines is 1. The lowest BCUT2D eigenvalue weighted by Crippen LogP contribution is -2.52. The number of para-hydroxylation sites is 1. The van der Waals surface area contributed by atoms with E-state index in [-0.39, 0.29) is 31.8 Å². The van der Waals surface area contributed by atoms with Gasteiger partial charge in [-0.25, -0.2) is 0 Å². The quantitative estimate of drug-likeness (QED) is 0.241. The first-order chi connectivity index (χ1) is 16.9. The van der Waals surface area contributed by atoms with Gasteiger partial charge in [-0.2, -0.15) is 0 Å². The molecule has 3 aromatic rings. The molecule has 0 aliphatic rings. The summed E-state index contributed by atoms with van der Waals surface area (Å²) >= 11 is 1.48. The lowest BCUT2D eigenvalue weighted by molar-refractivity contribution is -0.134. The molecule has 8 N–H and O–H groups in total. The maximum Gasteiger partial charge on any atom is 0.247 e. The second kappa shape index (κ2) is 12.9. The van der Waals surface area contributed by atoms with Crippen molar-refractivity contribution in [3.05, 3.63) is 58.9 Å². The standard InChI is InChI=1S/C24H31N7O3S/c25-7-9-31(10-8-26)22(32)14-19(27)23(33)30-21(13-18-5-3-11-35-18)24(34)29-17-12-16-4-1-2-6-20(16)28-15-17/h1-6,11-12,15,19,21H,7-10,13-14,25-27H2,(H,29,34)(H,30,33). The number of nitrogens with two attached hydrogens (primary N) is 3. The van der Waals surface area contributed by atoms with E-state index in [4.69, 9.17) is 17.2 Å². The number of benzene rings is 1. The molecule has 0 saturated heterocycles. The third kappa shape index (κ3) is 7.55. The summed E-state index contributed by atoms with van der Waals surface area (Å²) in [6.45, 7) is 1.21. The van der Waals surface area contributed by atoms with Crippen molar-refractivity contribution in [2.45, 2.75) is 24.9 Å². The zero-order chi connectivity index (χ0) is 25.2. The van der Waals surface area contributed by atoms with Gasteiger partial charge in [0.2, 0.25) is 17.7 Å². The Bertz CT molecular complexity index is 1130. The molecule has 0 aliphatic heterocycles. The van der Waals surface area contributed by atoms with E-state index < -0.39 is 23.9 Å². The first kappa shape index (κ1) is 26.2. The van der Waals surface area contributed by atoms with E-state index in [9.17, 15) is 14.4 Å². The summed E-state index contributed by atoms with van der Waals surface area (Å²) in [6, 6.07) is 11.1. The normalized spacial score (nSPS) is 12.7. The molecule has 11 heteroatoms. The summed E-state index contributed by atoms with van der Waals surface area (Å²) in [4.78, 5) is 45.3. The van der Waals surface area contributed by atoms with E-state index in [1.807, 2.05) is 47.8 Å². The van der Waals surface area contributed by atoms with Crippen LogP contribution in [0.4, 0.5) is 5.69 Å². The van der Waals surface area contributed by atoms with Crippen LogP contribution in [0.15, 0.2) is 54.0 Å². The van der Waals surface area contributed by atoms with Crippen molar-refractivity contribution in [2.24, 2.45) is 17.2 Å². The van der Waals surface area contributed by atoms with E-state index in [0.717, 1.165) is 15.8 Å². The van der Waals surface area contributed by atoms with Gasteiger partial charge in [0, 0.05) is 42.9 Å². The molecule has 1 aromatic carbocycles. The molecule has 0 radical (unpaired) electrons. The van der Waals surface area contributed by atoms with E-state index in [0.29, 0.717) is 18.8 Å². The first-order valence-electron chi connectivity index (χ1n) is 11.3. The smallest absolute Gasteiger partial charge is 0.247 e. The predicted molar refractivity (Wildman–Crippen MR) is 138 cm³/mol. The van der Waals surface area contributed by atoms with Crippen LogP contribution in [0.25, 0.3) is 10.9 Å². The molecule has 2 unspecified atom stereocenters. The second-order valence-corrected chi connectivity index (χ2v) is 9.05. The fourth-order valence-electron chi connectivity index (χ4n) is 3.57. The van der Waals surface area contributed by atoms with Crippen LogP contribution in [-0.4, -0.2) is 65.9 Å². The Kier molecular flexibility index (Phi) is 9.67. The van der Waals surface area contributed by atoms with E-state index in [2.05, 4.69) is 15.6 Å². The van der Waals surface area contributed by atoms with Gasteiger partial charge in [0.15, 0.2) is 0 Å². The Morgan fingerprint density at radius 2 is 1.77 bits per heavy atom. The van der Waals surface area contributed by atoms with Gasteiger partial charge in [0.05, 0.1) is 29.9 Å². The van der Waals surface area contributed by atoms with Gasteiger partial charge in [0.1, 0.15) is 6.04 Å². The summed E-state index contributed by atoms with van der Waals surface area (Å²) in [5.74, 6) is -1.31. The molecule has 35 heavy (non-hydrogen) atoms. The minimum absolute atomic E-state index is 0.215. The van der Waals surface area contributed by atoms with Gasteiger partial charge >= 0.3 is 0 Å². The van der Waals surface area contributed by atoms with Crippen LogP contribution in [-0.2, 0) is 20.8 Å². The molecule has 3 rings (SSSR count). The third-order valence-corrected chi connectivity index (χ3v) is 6.26. The Balaban J connectivity index is 1.69. The number of thiophene rings is 1. The van der Waals surface area contributed by atoms with Crippen LogP contribution in [0, 0.1) is 0 Å². The van der Waals surface area contributed by atoms with Crippen molar-refractivity contribution >= 4 is 45.6 Å². The number of carbonyl (C=O) groups is 3. The Morgan fingerprint density at radius 1 is 1.03 bits per heavy atom. The molecule has 2 atom stereocenters. The summed E-state index contributed by atoms with van der Waals surface area (Å²) < 4.78 is 0. The Morgan fingerprint density at radius 3 is 2.46 bits per heavy atom. The maximum absolute atomic E-state index is 13.1. The molecular formula is C24H31N7O3S. The molecule has 3 amide bonds. The number of amides is 3. The van der Waals surface area contributed by atoms with E-state index in [1.54, 1.807) is 6.20 Å². The fraction of sp³-hybridized carbons (Fsp3) is 0.333. The molecule has 10 nitrogen and oxygen atoms in total. The van der Waals surface area contributed by atoms with Crippen molar-refractivity contribution in [3.63, 3.8) is 0 Å². The van der Waals surface area contributed by atoms with Crippen molar-refractivity contribution in [1.82, 2.24) is 15.2 Å². The number of pyridine rings is 1. The van der Waals surface area contributed by atoms with Gasteiger partial charge in [-0.1, -0.05) is 24.3 Å². The fourth-order valence-corrected chi connectivity index (χ4v) is 4.32. The molecule has 0 spiro atoms. The topological polar surface area (TPSA) is 169 Å². The van der Waals surface area contributed by atoms with Crippen LogP contribution >= 0.6 is 11.3 Å². The highest BCUT2D eigenvalue weighted by atomic mass is 32.1. The van der Waals surface area contributed by atoms with Crippen molar-refractivity contribution in [2.75, 3.05) is 31.5 Å². The third-order valence-electron chi connectivity index (χ3n) is 5.36. The molecule has 2 aromatic heterocycles. The lowest BCUT2D eigenvalue weighted by atomic mass is 10.1. The van der Waals surface area contributed by atoms with Crippen LogP contribution in [0.2, 0.25) is 0 Å². The minimum atomic E-state index is -1.12. The average Bonchev–Trinajstić information content (AvgIpc) is 3.36. The summed E-state index contributed by atoms with van der Waals surface area (Å²) in [5.41, 5.74) is 18.4. The van der Waals surface area contributed by atoms with Gasteiger partial charge in [-0.15, -0.1) is 11.3 Å². The van der Waals surface area contributed by atoms with Crippen LogP contribution < -0.4 is 27.8 Å². The highest BCUT2D eigenvalue weighted by molar-refractivity contribution is 7.09. The second-order valence-electron chi connectivity index (χ2n) is 8.02. The number of hydrogen-bond donors (Lipinski definition) is 5. The summed E-state index contributed by atoms with van der Waals surface area (Å²) in [7, 11) is 0. The Hall–Kier alpha value is -3.38. The number of nitrogens with zero attached hydrogens (tertiary/aromatic N) is 2. The highest BCUT2D eigenvalue weighted by Gasteiger charge is 2.27. The molecule has 0 fully saturated rings. The number of carbonyl (C=O) groups excluding carboxylic acids is 3. The molecule has 0 aliphatic carbocycles. The van der Waals surface area contributed by atoms with Crippen LogP contribution in [0.3, 0.4) is 0 Å². The molecule has 186 valence electrons. The van der Waals surface area contributed by atoms with Crippen molar-refractivity contribution in [1.29, 1.82) is 0 Å². The number of nitrogens with one attached hydrogen (secondary N) is 2. The number of hydrogen-bond acceptors (Lipinski definition) is 8. The van der Waals surface area contributed by atoms with Crippen LogP contribution in [0.5, 0.6) is 0 Å². The van der Waals surface area contributed by atoms with Gasteiger partial charge in [0.25, 0.3) is 0 Å². The van der Waals surface area contributed by atoms with Gasteiger partial charge in [-0.05, 0) is 23.6 Å². The largest absolute Gasteiger partial charge is 0.343 e. The monoisotopic (exact) mass is 497 g/mol.